The second-order valence-corrected chi connectivity index (χ2v) is 11.2. The van der Waals surface area contributed by atoms with E-state index in [9.17, 15) is 4.79 Å². The lowest BCUT2D eigenvalue weighted by Gasteiger charge is -2.32. The summed E-state index contributed by atoms with van der Waals surface area (Å²) in [5, 5.41) is 5.35. The molecule has 5 rings (SSSR count). The largest absolute Gasteiger partial charge is 0.494 e. The van der Waals surface area contributed by atoms with Gasteiger partial charge in [0.05, 0.1) is 34.8 Å². The molecule has 0 amide bonds. The molecule has 1 saturated heterocycles. The molecule has 1 aliphatic rings. The van der Waals surface area contributed by atoms with E-state index in [2.05, 4.69) is 79.4 Å². The molecule has 4 aromatic rings. The molecule has 2 aromatic carbocycles. The fraction of sp³-hybridized carbons (Fsp3) is 0.379. The van der Waals surface area contributed by atoms with Gasteiger partial charge in [0.25, 0.3) is 0 Å². The molecule has 1 fully saturated rings. The average molecular weight is 498 g/mol. The fourth-order valence-corrected chi connectivity index (χ4v) is 4.81. The minimum absolute atomic E-state index is 0.000966. The lowest BCUT2D eigenvalue weighted by atomic mass is 9.78. The third-order valence-electron chi connectivity index (χ3n) is 7.75. The summed E-state index contributed by atoms with van der Waals surface area (Å²) in [6, 6.07) is 16.1. The van der Waals surface area contributed by atoms with Crippen molar-refractivity contribution in [3.63, 3.8) is 0 Å². The minimum atomic E-state index is -0.388. The lowest BCUT2D eigenvalue weighted by molar-refractivity contribution is 0.00578. The van der Waals surface area contributed by atoms with Crippen LogP contribution in [0.5, 0.6) is 0 Å². The number of likely N-dealkylation sites (N-methyl/N-ethyl adjacent to an activating group) is 1. The van der Waals surface area contributed by atoms with Gasteiger partial charge in [0.2, 0.25) is 5.91 Å². The number of rotatable bonds is 6. The first-order valence-electron chi connectivity index (χ1n) is 12.8. The molecule has 1 aliphatic heterocycles. The van der Waals surface area contributed by atoms with Crippen LogP contribution < -0.4 is 10.8 Å². The van der Waals surface area contributed by atoms with Gasteiger partial charge >= 0.3 is 7.12 Å². The number of imidazole rings is 1. The zero-order chi connectivity index (χ0) is 26.5. The topological polar surface area (TPSA) is 81.2 Å². The van der Waals surface area contributed by atoms with Crippen molar-refractivity contribution in [1.82, 2.24) is 19.9 Å². The van der Waals surface area contributed by atoms with Crippen LogP contribution in [-0.4, -0.2) is 51.9 Å². The predicted octanol–water partition coefficient (Wildman–Crippen LogP) is 4.88. The first-order valence-corrected chi connectivity index (χ1v) is 12.8. The fourth-order valence-electron chi connectivity index (χ4n) is 4.81. The molecule has 0 spiro atoms. The predicted molar refractivity (Wildman–Crippen MR) is 149 cm³/mol. The first kappa shape index (κ1) is 25.5. The highest BCUT2D eigenvalue weighted by Gasteiger charge is 2.51. The number of carbonyl (C=O) groups is 1. The van der Waals surface area contributed by atoms with Gasteiger partial charge in [-0.15, -0.1) is 0 Å². The van der Waals surface area contributed by atoms with E-state index in [1.165, 1.54) is 0 Å². The van der Waals surface area contributed by atoms with Crippen LogP contribution in [0.2, 0.25) is 0 Å². The summed E-state index contributed by atoms with van der Waals surface area (Å²) < 4.78 is 14.1. The minimum Gasteiger partial charge on any atom is -0.399 e. The standard InChI is InChI=1S/C29H35BN4O3/c1-18(2)25(31-7)27(35)34-14-8-9-24(34)26-32-17-23(33-26)21-11-10-20-16-22(13-12-19(20)15-21)30-36-28(3,4)29(5,6)37-30/h8-18,25,31H,1-7H3,(H,32,33). The summed E-state index contributed by atoms with van der Waals surface area (Å²) in [6.07, 6.45) is 3.61. The van der Waals surface area contributed by atoms with Crippen molar-refractivity contribution in [3.8, 4) is 22.8 Å². The van der Waals surface area contributed by atoms with Crippen LogP contribution >= 0.6 is 0 Å². The Morgan fingerprint density at radius 3 is 2.38 bits per heavy atom. The number of aromatic nitrogens is 3. The van der Waals surface area contributed by atoms with Gasteiger partial charge in [0, 0.05) is 11.8 Å². The van der Waals surface area contributed by atoms with Gasteiger partial charge in [-0.25, -0.2) is 4.98 Å². The summed E-state index contributed by atoms with van der Waals surface area (Å²) in [6.45, 7) is 12.3. The Labute approximate surface area is 218 Å². The molecule has 37 heavy (non-hydrogen) atoms. The number of nitrogens with one attached hydrogen (secondary N) is 2. The van der Waals surface area contributed by atoms with Crippen molar-refractivity contribution in [3.05, 3.63) is 60.9 Å². The highest BCUT2D eigenvalue weighted by Crippen LogP contribution is 2.36. The van der Waals surface area contributed by atoms with E-state index in [1.807, 2.05) is 39.2 Å². The molecule has 1 atom stereocenters. The third kappa shape index (κ3) is 4.54. The summed E-state index contributed by atoms with van der Waals surface area (Å²) in [7, 11) is 1.43. The van der Waals surface area contributed by atoms with E-state index >= 15 is 0 Å². The van der Waals surface area contributed by atoms with Crippen molar-refractivity contribution in [1.29, 1.82) is 0 Å². The van der Waals surface area contributed by atoms with Crippen LogP contribution in [0.3, 0.4) is 0 Å². The monoisotopic (exact) mass is 498 g/mol. The average Bonchev–Trinajstić information content (AvgIpc) is 3.56. The molecular formula is C29H35BN4O3. The number of benzene rings is 2. The van der Waals surface area contributed by atoms with Crippen LogP contribution in [0.4, 0.5) is 0 Å². The molecule has 3 heterocycles. The molecule has 8 heteroatoms. The number of hydrogen-bond acceptors (Lipinski definition) is 5. The third-order valence-corrected chi connectivity index (χ3v) is 7.75. The number of aromatic amines is 1. The summed E-state index contributed by atoms with van der Waals surface area (Å²) >= 11 is 0. The zero-order valence-electron chi connectivity index (χ0n) is 22.6. The quantitative estimate of drug-likeness (QED) is 0.371. The Balaban J connectivity index is 1.41. The SMILES string of the molecule is CNC(C(=O)n1cccc1-c1ncc(-c2ccc3cc(B4OC(C)(C)C(C)(C)O4)ccc3c2)[nH]1)C(C)C. The normalized spacial score (nSPS) is 17.6. The van der Waals surface area contributed by atoms with E-state index in [1.54, 1.807) is 10.8 Å². The van der Waals surface area contributed by atoms with Gasteiger partial charge in [-0.1, -0.05) is 44.2 Å². The van der Waals surface area contributed by atoms with Crippen molar-refractivity contribution in [2.24, 2.45) is 5.92 Å². The summed E-state index contributed by atoms with van der Waals surface area (Å²) in [5.41, 5.74) is 2.92. The van der Waals surface area contributed by atoms with Gasteiger partial charge in [0.15, 0.2) is 5.82 Å². The number of fused-ring (bicyclic) bond motifs is 1. The summed E-state index contributed by atoms with van der Waals surface area (Å²) in [4.78, 5) is 21.1. The maximum atomic E-state index is 13.1. The van der Waals surface area contributed by atoms with E-state index in [4.69, 9.17) is 9.31 Å². The number of nitrogens with zero attached hydrogens (tertiary/aromatic N) is 2. The Bertz CT molecular complexity index is 1440. The van der Waals surface area contributed by atoms with Crippen LogP contribution in [0.15, 0.2) is 60.9 Å². The van der Waals surface area contributed by atoms with Crippen molar-refractivity contribution in [2.45, 2.75) is 58.8 Å². The second kappa shape index (κ2) is 9.28. The Morgan fingerprint density at radius 2 is 1.70 bits per heavy atom. The van der Waals surface area contributed by atoms with Crippen LogP contribution in [0.1, 0.15) is 46.3 Å². The molecule has 0 saturated carbocycles. The lowest BCUT2D eigenvalue weighted by Crippen LogP contribution is -2.41. The molecular weight excluding hydrogens is 463 g/mol. The van der Waals surface area contributed by atoms with Gasteiger partial charge < -0.3 is 19.6 Å². The molecule has 7 nitrogen and oxygen atoms in total. The van der Waals surface area contributed by atoms with E-state index in [-0.39, 0.29) is 36.2 Å². The molecule has 1 unspecified atom stereocenters. The van der Waals surface area contributed by atoms with Crippen molar-refractivity contribution < 1.29 is 14.1 Å². The van der Waals surface area contributed by atoms with E-state index in [0.717, 1.165) is 33.2 Å². The van der Waals surface area contributed by atoms with Crippen molar-refractivity contribution in [2.75, 3.05) is 7.05 Å². The van der Waals surface area contributed by atoms with Gasteiger partial charge in [-0.05, 0) is 75.1 Å². The maximum Gasteiger partial charge on any atom is 0.494 e. The Morgan fingerprint density at radius 1 is 1.03 bits per heavy atom. The van der Waals surface area contributed by atoms with Gasteiger partial charge in [-0.2, -0.15) is 0 Å². The van der Waals surface area contributed by atoms with Crippen molar-refractivity contribution >= 4 is 29.3 Å². The molecule has 0 radical (unpaired) electrons. The Kier molecular flexibility index (Phi) is 6.38. The summed E-state index contributed by atoms with van der Waals surface area (Å²) in [5.74, 6) is 0.824. The number of carbonyl (C=O) groups excluding carboxylic acids is 1. The highest BCUT2D eigenvalue weighted by molar-refractivity contribution is 6.62. The Hall–Kier alpha value is -3.20. The first-order chi connectivity index (χ1) is 17.5. The van der Waals surface area contributed by atoms with Crippen LogP contribution in [0.25, 0.3) is 33.5 Å². The van der Waals surface area contributed by atoms with Gasteiger partial charge in [0.1, 0.15) is 0 Å². The molecule has 192 valence electrons. The highest BCUT2D eigenvalue weighted by atomic mass is 16.7. The number of H-pyrrole nitrogens is 1. The van der Waals surface area contributed by atoms with E-state index in [0.29, 0.717) is 5.82 Å². The molecule has 2 N–H and O–H groups in total. The van der Waals surface area contributed by atoms with Gasteiger partial charge in [-0.3, -0.25) is 9.36 Å². The maximum absolute atomic E-state index is 13.1. The molecule has 0 bridgehead atoms. The van der Waals surface area contributed by atoms with E-state index < -0.39 is 0 Å². The van der Waals surface area contributed by atoms with Crippen LogP contribution in [-0.2, 0) is 9.31 Å². The second-order valence-electron chi connectivity index (χ2n) is 11.2. The van der Waals surface area contributed by atoms with Crippen LogP contribution in [0, 0.1) is 5.92 Å². The number of hydrogen-bond donors (Lipinski definition) is 2. The molecule has 2 aromatic heterocycles. The zero-order valence-corrected chi connectivity index (χ0v) is 22.6. The molecule has 0 aliphatic carbocycles. The smallest absolute Gasteiger partial charge is 0.399 e.